The van der Waals surface area contributed by atoms with Gasteiger partial charge in [0.15, 0.2) is 5.82 Å². The first-order valence-electron chi connectivity index (χ1n) is 5.93. The second-order valence-electron chi connectivity index (χ2n) is 4.43. The van der Waals surface area contributed by atoms with Crippen LogP contribution in [-0.4, -0.2) is 24.7 Å². The van der Waals surface area contributed by atoms with Crippen molar-refractivity contribution in [3.8, 4) is 22.9 Å². The average Bonchev–Trinajstić information content (AvgIpc) is 2.95. The molecule has 0 bridgehead atoms. The second-order valence-corrected chi connectivity index (χ2v) is 4.43. The van der Waals surface area contributed by atoms with E-state index in [1.54, 1.807) is 24.7 Å². The number of aryl methyl sites for hydroxylation is 2. The van der Waals surface area contributed by atoms with Crippen LogP contribution in [0.1, 0.15) is 5.82 Å². The molecule has 0 amide bonds. The van der Waals surface area contributed by atoms with Crippen molar-refractivity contribution in [2.45, 2.75) is 6.92 Å². The van der Waals surface area contributed by atoms with Crippen molar-refractivity contribution >= 4 is 0 Å². The molecule has 0 saturated heterocycles. The van der Waals surface area contributed by atoms with Gasteiger partial charge in [-0.25, -0.2) is 18.7 Å². The van der Waals surface area contributed by atoms with E-state index in [0.717, 1.165) is 6.07 Å². The van der Waals surface area contributed by atoms with Gasteiger partial charge in [0.1, 0.15) is 17.5 Å². The molecule has 0 atom stereocenters. The molecule has 0 radical (unpaired) electrons. The Hall–Kier alpha value is -2.57. The molecule has 0 unspecified atom stereocenters. The van der Waals surface area contributed by atoms with E-state index in [2.05, 4.69) is 20.2 Å². The van der Waals surface area contributed by atoms with Crippen LogP contribution in [0.25, 0.3) is 22.9 Å². The zero-order valence-corrected chi connectivity index (χ0v) is 10.9. The third-order valence-electron chi connectivity index (χ3n) is 2.88. The number of nitrogens with zero attached hydrogens (tertiary/aromatic N) is 4. The molecule has 102 valence electrons. The van der Waals surface area contributed by atoms with Gasteiger partial charge in [0.2, 0.25) is 5.82 Å². The summed E-state index contributed by atoms with van der Waals surface area (Å²) in [4.78, 5) is 8.49. The first-order valence-corrected chi connectivity index (χ1v) is 5.93. The molecule has 3 aromatic rings. The Labute approximate surface area is 113 Å². The smallest absolute Gasteiger partial charge is 0.217 e. The van der Waals surface area contributed by atoms with Gasteiger partial charge < -0.3 is 4.57 Å². The van der Waals surface area contributed by atoms with Gasteiger partial charge >= 0.3 is 0 Å². The molecule has 5 nitrogen and oxygen atoms in total. The normalized spacial score (nSPS) is 11.0. The summed E-state index contributed by atoms with van der Waals surface area (Å²) >= 11 is 0. The van der Waals surface area contributed by atoms with E-state index in [0.29, 0.717) is 23.2 Å². The number of imidazole rings is 1. The van der Waals surface area contributed by atoms with Gasteiger partial charge in [0, 0.05) is 24.9 Å². The maximum Gasteiger partial charge on any atom is 0.217 e. The van der Waals surface area contributed by atoms with Crippen molar-refractivity contribution in [3.63, 3.8) is 0 Å². The lowest BCUT2D eigenvalue weighted by Gasteiger charge is -1.98. The molecule has 2 heterocycles. The maximum absolute atomic E-state index is 13.8. The number of hydrogen-bond donors (Lipinski definition) is 1. The number of halogens is 2. The fourth-order valence-corrected chi connectivity index (χ4v) is 1.94. The van der Waals surface area contributed by atoms with Crippen LogP contribution >= 0.6 is 0 Å². The summed E-state index contributed by atoms with van der Waals surface area (Å²) in [6.07, 6.45) is 1.65. The Morgan fingerprint density at radius 3 is 2.65 bits per heavy atom. The van der Waals surface area contributed by atoms with E-state index in [9.17, 15) is 8.78 Å². The van der Waals surface area contributed by atoms with Gasteiger partial charge in [-0.3, -0.25) is 5.10 Å². The molecule has 1 aromatic carbocycles. The largest absolute Gasteiger partial charge is 0.331 e. The lowest BCUT2D eigenvalue weighted by atomic mass is 10.1. The minimum Gasteiger partial charge on any atom is -0.331 e. The summed E-state index contributed by atoms with van der Waals surface area (Å²) in [7, 11) is 1.76. The Balaban J connectivity index is 2.08. The number of aromatic amines is 1. The molecule has 0 spiro atoms. The first-order chi connectivity index (χ1) is 9.54. The number of aromatic nitrogens is 5. The van der Waals surface area contributed by atoms with Gasteiger partial charge in [-0.2, -0.15) is 5.10 Å². The molecular weight excluding hydrogens is 264 g/mol. The lowest BCUT2D eigenvalue weighted by molar-refractivity contribution is 0.585. The predicted octanol–water partition coefficient (Wildman–Crippen LogP) is 2.46. The van der Waals surface area contributed by atoms with Crippen LogP contribution in [0.15, 0.2) is 24.4 Å². The van der Waals surface area contributed by atoms with Crippen molar-refractivity contribution < 1.29 is 8.78 Å². The van der Waals surface area contributed by atoms with Crippen molar-refractivity contribution in [1.29, 1.82) is 0 Å². The van der Waals surface area contributed by atoms with Crippen molar-refractivity contribution in [2.75, 3.05) is 0 Å². The quantitative estimate of drug-likeness (QED) is 0.781. The third-order valence-corrected chi connectivity index (χ3v) is 2.88. The number of rotatable bonds is 2. The zero-order chi connectivity index (χ0) is 14.3. The highest BCUT2D eigenvalue weighted by Crippen LogP contribution is 2.25. The maximum atomic E-state index is 13.8. The molecule has 0 fully saturated rings. The van der Waals surface area contributed by atoms with Gasteiger partial charge in [0.25, 0.3) is 0 Å². The molecule has 0 aliphatic carbocycles. The Kier molecular flexibility index (Phi) is 2.81. The zero-order valence-electron chi connectivity index (χ0n) is 10.9. The average molecular weight is 275 g/mol. The molecule has 3 rings (SSSR count). The number of nitrogens with one attached hydrogen (secondary N) is 1. The van der Waals surface area contributed by atoms with Crippen LogP contribution in [0.4, 0.5) is 8.78 Å². The van der Waals surface area contributed by atoms with Crippen LogP contribution in [0.5, 0.6) is 0 Å². The standard InChI is InChI=1S/C13H11F2N5/c1-7-16-12(19-18-7)13-17-11(6-20(13)2)9-4-3-8(14)5-10(9)15/h3-6H,1-2H3,(H,16,18,19). The monoisotopic (exact) mass is 275 g/mol. The van der Waals surface area contributed by atoms with E-state index in [1.807, 2.05) is 0 Å². The van der Waals surface area contributed by atoms with Crippen LogP contribution in [0.2, 0.25) is 0 Å². The van der Waals surface area contributed by atoms with E-state index in [1.165, 1.54) is 12.1 Å². The van der Waals surface area contributed by atoms with Crippen LogP contribution in [0.3, 0.4) is 0 Å². The van der Waals surface area contributed by atoms with E-state index >= 15 is 0 Å². The molecule has 0 aliphatic heterocycles. The van der Waals surface area contributed by atoms with E-state index in [4.69, 9.17) is 0 Å². The number of hydrogen-bond acceptors (Lipinski definition) is 3. The van der Waals surface area contributed by atoms with Gasteiger partial charge in [0.05, 0.1) is 5.69 Å². The van der Waals surface area contributed by atoms with E-state index < -0.39 is 11.6 Å². The Morgan fingerprint density at radius 2 is 2.00 bits per heavy atom. The number of benzene rings is 1. The second kappa shape index (κ2) is 4.52. The molecule has 0 saturated carbocycles. The minimum atomic E-state index is -0.652. The van der Waals surface area contributed by atoms with Gasteiger partial charge in [-0.15, -0.1) is 0 Å². The molecule has 2 aromatic heterocycles. The fourth-order valence-electron chi connectivity index (χ4n) is 1.94. The highest BCUT2D eigenvalue weighted by molar-refractivity contribution is 5.62. The Bertz CT molecular complexity index is 775. The summed E-state index contributed by atoms with van der Waals surface area (Å²) < 4.78 is 28.4. The minimum absolute atomic E-state index is 0.237. The summed E-state index contributed by atoms with van der Waals surface area (Å²) in [5, 5.41) is 6.74. The summed E-state index contributed by atoms with van der Waals surface area (Å²) in [6.45, 7) is 1.78. The highest BCUT2D eigenvalue weighted by atomic mass is 19.1. The van der Waals surface area contributed by atoms with Crippen molar-refractivity contribution in [1.82, 2.24) is 24.7 Å². The summed E-state index contributed by atoms with van der Waals surface area (Å²) in [6, 6.07) is 3.39. The van der Waals surface area contributed by atoms with Crippen LogP contribution in [0, 0.1) is 18.6 Å². The van der Waals surface area contributed by atoms with Crippen molar-refractivity contribution in [3.05, 3.63) is 41.9 Å². The topological polar surface area (TPSA) is 59.4 Å². The van der Waals surface area contributed by atoms with Gasteiger partial charge in [-0.1, -0.05) is 0 Å². The molecule has 0 aliphatic rings. The molecule has 20 heavy (non-hydrogen) atoms. The fraction of sp³-hybridized carbons (Fsp3) is 0.154. The van der Waals surface area contributed by atoms with Gasteiger partial charge in [-0.05, 0) is 19.1 Å². The molecule has 7 heteroatoms. The molecular formula is C13H11F2N5. The summed E-state index contributed by atoms with van der Waals surface area (Å²) in [5.41, 5.74) is 0.642. The first kappa shape index (κ1) is 12.5. The van der Waals surface area contributed by atoms with Crippen molar-refractivity contribution in [2.24, 2.45) is 7.05 Å². The summed E-state index contributed by atoms with van der Waals surface area (Å²) in [5.74, 6) is 0.331. The lowest BCUT2D eigenvalue weighted by Crippen LogP contribution is -1.92. The van der Waals surface area contributed by atoms with Crippen LogP contribution in [-0.2, 0) is 7.05 Å². The highest BCUT2D eigenvalue weighted by Gasteiger charge is 2.15. The predicted molar refractivity (Wildman–Crippen MR) is 68.7 cm³/mol. The molecule has 1 N–H and O–H groups in total. The Morgan fingerprint density at radius 1 is 1.20 bits per heavy atom. The SMILES string of the molecule is Cc1nc(-c2nc(-c3ccc(F)cc3F)cn2C)n[nH]1. The van der Waals surface area contributed by atoms with Crippen LogP contribution < -0.4 is 0 Å². The van der Waals surface area contributed by atoms with E-state index in [-0.39, 0.29) is 5.56 Å². The third kappa shape index (κ3) is 2.07. The number of H-pyrrole nitrogens is 1.